The molecule has 0 unspecified atom stereocenters. The zero-order chi connectivity index (χ0) is 19.1. The molecule has 0 spiro atoms. The highest BCUT2D eigenvalue weighted by atomic mass is 32.2. The Kier molecular flexibility index (Phi) is 6.73. The topological polar surface area (TPSA) is 67.9 Å². The Labute approximate surface area is 162 Å². The van der Waals surface area contributed by atoms with Gasteiger partial charge in [0, 0.05) is 18.0 Å². The number of ether oxygens (including phenoxy) is 2. The van der Waals surface area contributed by atoms with Gasteiger partial charge < -0.3 is 19.7 Å². The predicted molar refractivity (Wildman–Crippen MR) is 106 cm³/mol. The van der Waals surface area contributed by atoms with Crippen molar-refractivity contribution in [2.24, 2.45) is 0 Å². The summed E-state index contributed by atoms with van der Waals surface area (Å²) in [7, 11) is 0. The first-order chi connectivity index (χ1) is 13.2. The highest BCUT2D eigenvalue weighted by Crippen LogP contribution is 2.25. The number of hydrogen-bond donors (Lipinski definition) is 1. The lowest BCUT2D eigenvalue weighted by atomic mass is 10.1. The van der Waals surface area contributed by atoms with E-state index in [4.69, 9.17) is 9.47 Å². The molecule has 0 saturated carbocycles. The van der Waals surface area contributed by atoms with Crippen LogP contribution in [0.3, 0.4) is 0 Å². The maximum Gasteiger partial charge on any atom is 0.262 e. The fourth-order valence-electron chi connectivity index (χ4n) is 2.78. The zero-order valence-corrected chi connectivity index (χ0v) is 16.0. The third kappa shape index (κ3) is 5.02. The molecule has 0 radical (unpaired) electrons. The van der Waals surface area contributed by atoms with E-state index < -0.39 is 0 Å². The van der Waals surface area contributed by atoms with Crippen LogP contribution in [-0.2, 0) is 9.53 Å². The quantitative estimate of drug-likeness (QED) is 0.773. The van der Waals surface area contributed by atoms with Gasteiger partial charge in [0.15, 0.2) is 6.61 Å². The van der Waals surface area contributed by atoms with Crippen LogP contribution in [0.1, 0.15) is 10.4 Å². The van der Waals surface area contributed by atoms with Crippen LogP contribution >= 0.6 is 11.8 Å². The number of rotatable bonds is 6. The number of carbonyl (C=O) groups excluding carboxylic acids is 2. The van der Waals surface area contributed by atoms with E-state index in [1.807, 2.05) is 30.5 Å². The minimum absolute atomic E-state index is 0.109. The molecular formula is C20H22N2O4S. The standard InChI is InChI=1S/C20H22N2O4S/c1-27-18-9-5-3-7-16(18)21-19(23)14-26-17-8-4-2-6-15(17)20(24)22-10-12-25-13-11-22/h2-9H,10-14H2,1H3,(H,21,23). The van der Waals surface area contributed by atoms with E-state index in [1.54, 1.807) is 40.9 Å². The second-order valence-corrected chi connectivity index (χ2v) is 6.79. The van der Waals surface area contributed by atoms with Crippen molar-refractivity contribution in [3.05, 3.63) is 54.1 Å². The van der Waals surface area contributed by atoms with Crippen LogP contribution in [0.25, 0.3) is 0 Å². The normalized spacial score (nSPS) is 13.9. The molecule has 0 atom stereocenters. The van der Waals surface area contributed by atoms with Gasteiger partial charge in [-0.3, -0.25) is 9.59 Å². The molecule has 0 aliphatic carbocycles. The second-order valence-electron chi connectivity index (χ2n) is 5.94. The molecule has 3 rings (SSSR count). The Morgan fingerprint density at radius 3 is 2.59 bits per heavy atom. The third-order valence-corrected chi connectivity index (χ3v) is 4.95. The van der Waals surface area contributed by atoms with Crippen LogP contribution in [0, 0.1) is 0 Å². The fraction of sp³-hybridized carbons (Fsp3) is 0.300. The lowest BCUT2D eigenvalue weighted by Crippen LogP contribution is -2.40. The van der Waals surface area contributed by atoms with Gasteiger partial charge in [-0.25, -0.2) is 0 Å². The van der Waals surface area contributed by atoms with Gasteiger partial charge in [0.25, 0.3) is 11.8 Å². The van der Waals surface area contributed by atoms with Crippen molar-refractivity contribution in [3.63, 3.8) is 0 Å². The first-order valence-corrected chi connectivity index (χ1v) is 9.93. The van der Waals surface area contributed by atoms with Crippen molar-refractivity contribution in [2.45, 2.75) is 4.90 Å². The van der Waals surface area contributed by atoms with Crippen LogP contribution in [0.4, 0.5) is 5.69 Å². The number of nitrogens with zero attached hydrogens (tertiary/aromatic N) is 1. The molecule has 27 heavy (non-hydrogen) atoms. The number of carbonyl (C=O) groups is 2. The summed E-state index contributed by atoms with van der Waals surface area (Å²) in [6, 6.07) is 14.6. The molecule has 1 heterocycles. The number of para-hydroxylation sites is 2. The van der Waals surface area contributed by atoms with Crippen molar-refractivity contribution >= 4 is 29.3 Å². The summed E-state index contributed by atoms with van der Waals surface area (Å²) >= 11 is 1.56. The highest BCUT2D eigenvalue weighted by Gasteiger charge is 2.21. The van der Waals surface area contributed by atoms with E-state index in [9.17, 15) is 9.59 Å². The molecule has 1 saturated heterocycles. The molecule has 0 aromatic heterocycles. The van der Waals surface area contributed by atoms with Crippen molar-refractivity contribution in [1.82, 2.24) is 4.90 Å². The maximum absolute atomic E-state index is 12.7. The Morgan fingerprint density at radius 2 is 1.81 bits per heavy atom. The number of benzene rings is 2. The number of hydrogen-bond acceptors (Lipinski definition) is 5. The van der Waals surface area contributed by atoms with Crippen LogP contribution in [-0.4, -0.2) is 55.9 Å². The van der Waals surface area contributed by atoms with Gasteiger partial charge >= 0.3 is 0 Å². The zero-order valence-electron chi connectivity index (χ0n) is 15.1. The van der Waals surface area contributed by atoms with Crippen molar-refractivity contribution in [2.75, 3.05) is 44.5 Å². The van der Waals surface area contributed by atoms with E-state index in [1.165, 1.54) is 0 Å². The Morgan fingerprint density at radius 1 is 1.11 bits per heavy atom. The Balaban J connectivity index is 1.64. The van der Waals surface area contributed by atoms with E-state index in [0.717, 1.165) is 10.6 Å². The van der Waals surface area contributed by atoms with Gasteiger partial charge in [-0.1, -0.05) is 24.3 Å². The monoisotopic (exact) mass is 386 g/mol. The summed E-state index contributed by atoms with van der Waals surface area (Å²) in [6.07, 6.45) is 1.95. The Hall–Kier alpha value is -2.51. The first-order valence-electron chi connectivity index (χ1n) is 8.71. The van der Waals surface area contributed by atoms with Crippen LogP contribution in [0.5, 0.6) is 5.75 Å². The van der Waals surface area contributed by atoms with Crippen molar-refractivity contribution in [3.8, 4) is 5.75 Å². The van der Waals surface area contributed by atoms with Crippen LogP contribution < -0.4 is 10.1 Å². The minimum Gasteiger partial charge on any atom is -0.483 e. The largest absolute Gasteiger partial charge is 0.483 e. The molecule has 7 heteroatoms. The van der Waals surface area contributed by atoms with E-state index in [-0.39, 0.29) is 18.4 Å². The van der Waals surface area contributed by atoms with E-state index >= 15 is 0 Å². The molecule has 1 fully saturated rings. The summed E-state index contributed by atoms with van der Waals surface area (Å²) in [5.74, 6) is 0.0226. The molecule has 1 N–H and O–H groups in total. The summed E-state index contributed by atoms with van der Waals surface area (Å²) in [6.45, 7) is 2.01. The van der Waals surface area contributed by atoms with E-state index in [2.05, 4.69) is 5.32 Å². The minimum atomic E-state index is -0.273. The van der Waals surface area contributed by atoms with Gasteiger partial charge in [-0.2, -0.15) is 0 Å². The van der Waals surface area contributed by atoms with Gasteiger partial charge in [-0.15, -0.1) is 11.8 Å². The average Bonchev–Trinajstić information content (AvgIpc) is 2.73. The van der Waals surface area contributed by atoms with Crippen LogP contribution in [0.15, 0.2) is 53.4 Å². The average molecular weight is 386 g/mol. The van der Waals surface area contributed by atoms with Crippen molar-refractivity contribution < 1.29 is 19.1 Å². The van der Waals surface area contributed by atoms with E-state index in [0.29, 0.717) is 37.6 Å². The summed E-state index contributed by atoms with van der Waals surface area (Å²) in [5, 5.41) is 2.85. The number of amides is 2. The molecule has 2 amide bonds. The lowest BCUT2D eigenvalue weighted by molar-refractivity contribution is -0.118. The number of thioether (sulfide) groups is 1. The lowest BCUT2D eigenvalue weighted by Gasteiger charge is -2.27. The van der Waals surface area contributed by atoms with Gasteiger partial charge in [0.1, 0.15) is 5.75 Å². The molecule has 142 valence electrons. The van der Waals surface area contributed by atoms with Crippen LogP contribution in [0.2, 0.25) is 0 Å². The summed E-state index contributed by atoms with van der Waals surface area (Å²) < 4.78 is 10.9. The summed E-state index contributed by atoms with van der Waals surface area (Å²) in [5.41, 5.74) is 1.20. The molecule has 2 aromatic carbocycles. The van der Waals surface area contributed by atoms with Gasteiger partial charge in [0.2, 0.25) is 0 Å². The smallest absolute Gasteiger partial charge is 0.262 e. The second kappa shape index (κ2) is 9.43. The predicted octanol–water partition coefficient (Wildman–Crippen LogP) is 2.90. The Bertz CT molecular complexity index is 806. The summed E-state index contributed by atoms with van der Waals surface area (Å²) in [4.78, 5) is 27.7. The van der Waals surface area contributed by atoms with Gasteiger partial charge in [-0.05, 0) is 30.5 Å². The SMILES string of the molecule is CSc1ccccc1NC(=O)COc1ccccc1C(=O)N1CCOCC1. The molecule has 0 bridgehead atoms. The maximum atomic E-state index is 12.7. The third-order valence-electron chi connectivity index (χ3n) is 4.16. The highest BCUT2D eigenvalue weighted by molar-refractivity contribution is 7.98. The first kappa shape index (κ1) is 19.3. The number of morpholine rings is 1. The van der Waals surface area contributed by atoms with Crippen molar-refractivity contribution in [1.29, 1.82) is 0 Å². The molecule has 1 aliphatic heterocycles. The molecule has 6 nitrogen and oxygen atoms in total. The molecular weight excluding hydrogens is 364 g/mol. The number of nitrogens with one attached hydrogen (secondary N) is 1. The van der Waals surface area contributed by atoms with Gasteiger partial charge in [0.05, 0.1) is 24.5 Å². The molecule has 2 aromatic rings. The number of anilines is 1. The molecule has 1 aliphatic rings. The fourth-order valence-corrected chi connectivity index (χ4v) is 3.34.